The topological polar surface area (TPSA) is 83.1 Å². The van der Waals surface area contributed by atoms with E-state index < -0.39 is 0 Å². The summed E-state index contributed by atoms with van der Waals surface area (Å²) in [5, 5.41) is 8.37. The molecular weight excluding hydrogens is 340 g/mol. The molecule has 0 saturated carbocycles. The van der Waals surface area contributed by atoms with Crippen LogP contribution in [0.3, 0.4) is 0 Å². The molecule has 136 valence electrons. The normalized spacial score (nSPS) is 11.3. The Kier molecular flexibility index (Phi) is 5.79. The molecule has 0 saturated heterocycles. The summed E-state index contributed by atoms with van der Waals surface area (Å²) in [7, 11) is 0. The molecule has 0 aliphatic carbocycles. The van der Waals surface area contributed by atoms with Gasteiger partial charge in [-0.15, -0.1) is 0 Å². The Bertz CT molecular complexity index is 896. The summed E-state index contributed by atoms with van der Waals surface area (Å²) >= 11 is 0. The molecule has 3 rings (SSSR count). The molecule has 3 aromatic rings. The highest BCUT2D eigenvalue weighted by atomic mass is 16.2. The van der Waals surface area contributed by atoms with E-state index in [9.17, 15) is 9.59 Å². The number of benzene rings is 2. The van der Waals surface area contributed by atoms with Crippen LogP contribution in [0.2, 0.25) is 0 Å². The Hall–Kier alpha value is -3.67. The molecule has 3 amide bonds. The second-order valence-corrected chi connectivity index (χ2v) is 5.97. The van der Waals surface area contributed by atoms with Crippen molar-refractivity contribution in [1.29, 1.82) is 0 Å². The molecule has 27 heavy (non-hydrogen) atoms. The number of carbonyl (C=O) groups is 2. The van der Waals surface area contributed by atoms with E-state index in [0.29, 0.717) is 16.9 Å². The number of carbonyl (C=O) groups excluding carboxylic acids is 2. The predicted molar refractivity (Wildman–Crippen MR) is 106 cm³/mol. The average molecular weight is 360 g/mol. The fourth-order valence-electron chi connectivity index (χ4n) is 2.51. The molecule has 0 radical (unpaired) electrons. The molecule has 1 heterocycles. The number of rotatable bonds is 5. The first-order chi connectivity index (χ1) is 13.1. The quantitative estimate of drug-likeness (QED) is 0.637. The van der Waals surface area contributed by atoms with Crippen molar-refractivity contribution in [3.05, 3.63) is 90.3 Å². The minimum Gasteiger partial charge on any atom is -0.344 e. The van der Waals surface area contributed by atoms with Crippen LogP contribution in [0.4, 0.5) is 16.2 Å². The number of aromatic nitrogens is 1. The summed E-state index contributed by atoms with van der Waals surface area (Å²) < 4.78 is 0. The van der Waals surface area contributed by atoms with Gasteiger partial charge in [-0.05, 0) is 55.5 Å². The molecule has 0 aliphatic rings. The third-order valence-electron chi connectivity index (χ3n) is 3.92. The molecule has 3 N–H and O–H groups in total. The van der Waals surface area contributed by atoms with Gasteiger partial charge in [0.1, 0.15) is 0 Å². The number of anilines is 2. The van der Waals surface area contributed by atoms with Crippen molar-refractivity contribution in [3.63, 3.8) is 0 Å². The highest BCUT2D eigenvalue weighted by Gasteiger charge is 2.12. The van der Waals surface area contributed by atoms with Crippen LogP contribution in [0.25, 0.3) is 0 Å². The van der Waals surface area contributed by atoms with Gasteiger partial charge in [-0.25, -0.2) is 4.79 Å². The number of nitrogens with zero attached hydrogens (tertiary/aromatic N) is 1. The number of nitrogens with one attached hydrogen (secondary N) is 3. The van der Waals surface area contributed by atoms with Gasteiger partial charge in [0.05, 0.1) is 11.7 Å². The lowest BCUT2D eigenvalue weighted by atomic mass is 10.1. The first-order valence-corrected chi connectivity index (χ1v) is 8.57. The molecular formula is C21H20N4O2. The molecule has 0 bridgehead atoms. The van der Waals surface area contributed by atoms with Gasteiger partial charge in [0.25, 0.3) is 5.91 Å². The lowest BCUT2D eigenvalue weighted by Gasteiger charge is -2.13. The maximum atomic E-state index is 12.4. The van der Waals surface area contributed by atoms with Crippen LogP contribution in [0.1, 0.15) is 29.0 Å². The van der Waals surface area contributed by atoms with Gasteiger partial charge in [0.2, 0.25) is 0 Å². The minimum absolute atomic E-state index is 0.201. The van der Waals surface area contributed by atoms with E-state index >= 15 is 0 Å². The standard InChI is InChI=1S/C21H20N4O2/c1-15(19-9-5-6-14-22-19)23-20(26)16-10-12-18(13-11-16)25-21(27)24-17-7-3-2-4-8-17/h2-15H,1H3,(H,23,26)(H2,24,25,27). The summed E-state index contributed by atoms with van der Waals surface area (Å²) in [4.78, 5) is 28.6. The van der Waals surface area contributed by atoms with Crippen molar-refractivity contribution in [2.75, 3.05) is 10.6 Å². The predicted octanol–water partition coefficient (Wildman–Crippen LogP) is 4.22. The Morgan fingerprint density at radius 3 is 2.07 bits per heavy atom. The van der Waals surface area contributed by atoms with Gasteiger partial charge in [-0.2, -0.15) is 0 Å². The van der Waals surface area contributed by atoms with Gasteiger partial charge >= 0.3 is 6.03 Å². The highest BCUT2D eigenvalue weighted by molar-refractivity contribution is 6.00. The zero-order chi connectivity index (χ0) is 19.1. The van der Waals surface area contributed by atoms with Gasteiger partial charge in [0.15, 0.2) is 0 Å². The van der Waals surface area contributed by atoms with E-state index in [1.165, 1.54) is 0 Å². The smallest absolute Gasteiger partial charge is 0.323 e. The average Bonchev–Trinajstić information content (AvgIpc) is 2.70. The third kappa shape index (κ3) is 5.15. The summed E-state index contributed by atoms with van der Waals surface area (Å²) in [5.41, 5.74) is 2.60. The van der Waals surface area contributed by atoms with Crippen LogP contribution in [-0.4, -0.2) is 16.9 Å². The molecule has 1 unspecified atom stereocenters. The van der Waals surface area contributed by atoms with E-state index in [4.69, 9.17) is 0 Å². The van der Waals surface area contributed by atoms with Gasteiger partial charge in [-0.3, -0.25) is 9.78 Å². The first-order valence-electron chi connectivity index (χ1n) is 8.57. The van der Waals surface area contributed by atoms with Gasteiger partial charge in [0, 0.05) is 23.1 Å². The van der Waals surface area contributed by atoms with Crippen molar-refractivity contribution >= 4 is 23.3 Å². The monoisotopic (exact) mass is 360 g/mol. The van der Waals surface area contributed by atoms with Crippen LogP contribution in [-0.2, 0) is 0 Å². The molecule has 6 heteroatoms. The third-order valence-corrected chi connectivity index (χ3v) is 3.92. The van der Waals surface area contributed by atoms with Crippen LogP contribution in [0, 0.1) is 0 Å². The fourth-order valence-corrected chi connectivity index (χ4v) is 2.51. The van der Waals surface area contributed by atoms with Crippen molar-refractivity contribution in [3.8, 4) is 0 Å². The molecule has 0 fully saturated rings. The summed E-state index contributed by atoms with van der Waals surface area (Å²) in [6.45, 7) is 1.88. The minimum atomic E-state index is -0.345. The van der Waals surface area contributed by atoms with Crippen molar-refractivity contribution in [2.45, 2.75) is 13.0 Å². The summed E-state index contributed by atoms with van der Waals surface area (Å²) in [6, 6.07) is 20.9. The van der Waals surface area contributed by atoms with E-state index in [0.717, 1.165) is 5.69 Å². The molecule has 1 aromatic heterocycles. The second-order valence-electron chi connectivity index (χ2n) is 5.97. The van der Waals surface area contributed by atoms with E-state index in [2.05, 4.69) is 20.9 Å². The number of amides is 3. The lowest BCUT2D eigenvalue weighted by Crippen LogP contribution is -2.27. The summed E-state index contributed by atoms with van der Waals surface area (Å²) in [6.07, 6.45) is 1.69. The molecule has 2 aromatic carbocycles. The number of para-hydroxylation sites is 1. The van der Waals surface area contributed by atoms with Gasteiger partial charge in [-0.1, -0.05) is 24.3 Å². The number of pyridine rings is 1. The van der Waals surface area contributed by atoms with Crippen LogP contribution >= 0.6 is 0 Å². The zero-order valence-corrected chi connectivity index (χ0v) is 14.8. The maximum Gasteiger partial charge on any atom is 0.323 e. The lowest BCUT2D eigenvalue weighted by molar-refractivity contribution is 0.0939. The van der Waals surface area contributed by atoms with E-state index in [-0.39, 0.29) is 18.0 Å². The van der Waals surface area contributed by atoms with Crippen LogP contribution in [0.15, 0.2) is 79.0 Å². The van der Waals surface area contributed by atoms with Crippen molar-refractivity contribution in [1.82, 2.24) is 10.3 Å². The number of hydrogen-bond donors (Lipinski definition) is 3. The Labute approximate surface area is 157 Å². The molecule has 0 aliphatic heterocycles. The number of hydrogen-bond acceptors (Lipinski definition) is 3. The first kappa shape index (κ1) is 18.1. The van der Waals surface area contributed by atoms with Crippen LogP contribution in [0.5, 0.6) is 0 Å². The largest absolute Gasteiger partial charge is 0.344 e. The fraction of sp³-hybridized carbons (Fsp3) is 0.0952. The van der Waals surface area contributed by atoms with E-state index in [1.54, 1.807) is 42.6 Å². The van der Waals surface area contributed by atoms with E-state index in [1.807, 2.05) is 43.3 Å². The highest BCUT2D eigenvalue weighted by Crippen LogP contribution is 2.13. The van der Waals surface area contributed by atoms with Crippen LogP contribution < -0.4 is 16.0 Å². The molecule has 1 atom stereocenters. The van der Waals surface area contributed by atoms with Crippen molar-refractivity contribution < 1.29 is 9.59 Å². The SMILES string of the molecule is CC(NC(=O)c1ccc(NC(=O)Nc2ccccc2)cc1)c1ccccn1. The zero-order valence-electron chi connectivity index (χ0n) is 14.8. The number of urea groups is 1. The maximum absolute atomic E-state index is 12.4. The molecule has 0 spiro atoms. The Morgan fingerprint density at radius 2 is 1.44 bits per heavy atom. The Balaban J connectivity index is 1.56. The molecule has 6 nitrogen and oxygen atoms in total. The Morgan fingerprint density at radius 1 is 0.815 bits per heavy atom. The van der Waals surface area contributed by atoms with Gasteiger partial charge < -0.3 is 16.0 Å². The van der Waals surface area contributed by atoms with Crippen molar-refractivity contribution in [2.24, 2.45) is 0 Å². The summed E-state index contributed by atoms with van der Waals surface area (Å²) in [5.74, 6) is -0.201. The second kappa shape index (κ2) is 8.62.